The van der Waals surface area contributed by atoms with Crippen LogP contribution >= 0.6 is 11.6 Å². The van der Waals surface area contributed by atoms with E-state index in [2.05, 4.69) is 0 Å². The van der Waals surface area contributed by atoms with Gasteiger partial charge in [-0.3, -0.25) is 0 Å². The number of nitrogens with two attached hydrogens (primary N) is 1. The van der Waals surface area contributed by atoms with Gasteiger partial charge in [0, 0.05) is 17.1 Å². The molecule has 0 fully saturated rings. The van der Waals surface area contributed by atoms with Gasteiger partial charge in [-0.2, -0.15) is 13.2 Å². The van der Waals surface area contributed by atoms with Gasteiger partial charge in [-0.25, -0.2) is 4.39 Å². The summed E-state index contributed by atoms with van der Waals surface area (Å²) in [5.41, 5.74) is 4.88. The average molecular weight is 256 g/mol. The average Bonchev–Trinajstić information content (AvgIpc) is 2.15. The molecule has 1 unspecified atom stereocenters. The largest absolute Gasteiger partial charge is 0.393 e. The summed E-state index contributed by atoms with van der Waals surface area (Å²) in [5.74, 6) is -2.52. The van der Waals surface area contributed by atoms with E-state index < -0.39 is 30.9 Å². The van der Waals surface area contributed by atoms with Crippen molar-refractivity contribution in [2.75, 3.05) is 6.54 Å². The third kappa shape index (κ3) is 3.09. The standard InChI is InChI=1S/C10H10ClF4N/c11-8-2-1-3-9(12)7(8)4-6(5-16)10(13,14)15/h1-3,6H,4-5,16H2. The van der Waals surface area contributed by atoms with E-state index in [1.54, 1.807) is 0 Å². The lowest BCUT2D eigenvalue weighted by Gasteiger charge is -2.19. The molecule has 0 aliphatic carbocycles. The quantitative estimate of drug-likeness (QED) is 0.825. The summed E-state index contributed by atoms with van der Waals surface area (Å²) < 4.78 is 50.5. The van der Waals surface area contributed by atoms with Gasteiger partial charge in [0.25, 0.3) is 0 Å². The summed E-state index contributed by atoms with van der Waals surface area (Å²) in [6.07, 6.45) is -4.98. The van der Waals surface area contributed by atoms with E-state index in [0.717, 1.165) is 6.07 Å². The van der Waals surface area contributed by atoms with Crippen molar-refractivity contribution >= 4 is 11.6 Å². The highest BCUT2D eigenvalue weighted by Gasteiger charge is 2.39. The van der Waals surface area contributed by atoms with E-state index in [9.17, 15) is 17.6 Å². The van der Waals surface area contributed by atoms with Gasteiger partial charge in [-0.05, 0) is 18.6 Å². The summed E-state index contributed by atoms with van der Waals surface area (Å²) in [7, 11) is 0. The molecule has 2 N–H and O–H groups in total. The minimum absolute atomic E-state index is 0.0114. The maximum absolute atomic E-state index is 13.2. The van der Waals surface area contributed by atoms with Crippen LogP contribution in [-0.2, 0) is 6.42 Å². The van der Waals surface area contributed by atoms with Crippen molar-refractivity contribution in [1.82, 2.24) is 0 Å². The van der Waals surface area contributed by atoms with Crippen molar-refractivity contribution in [3.8, 4) is 0 Å². The second-order valence-corrected chi connectivity index (χ2v) is 3.79. The van der Waals surface area contributed by atoms with E-state index >= 15 is 0 Å². The molecule has 0 spiro atoms. The number of benzene rings is 1. The highest BCUT2D eigenvalue weighted by atomic mass is 35.5. The van der Waals surface area contributed by atoms with E-state index in [0.29, 0.717) is 0 Å². The van der Waals surface area contributed by atoms with Crippen molar-refractivity contribution in [2.45, 2.75) is 12.6 Å². The Balaban J connectivity index is 2.95. The predicted molar refractivity (Wildman–Crippen MR) is 53.7 cm³/mol. The van der Waals surface area contributed by atoms with Crippen LogP contribution in [0.15, 0.2) is 18.2 Å². The SMILES string of the molecule is NCC(Cc1c(F)cccc1Cl)C(F)(F)F. The fraction of sp³-hybridized carbons (Fsp3) is 0.400. The van der Waals surface area contributed by atoms with Crippen LogP contribution in [0.25, 0.3) is 0 Å². The Morgan fingerprint density at radius 2 is 1.94 bits per heavy atom. The number of alkyl halides is 3. The van der Waals surface area contributed by atoms with Crippen molar-refractivity contribution in [3.63, 3.8) is 0 Å². The molecule has 16 heavy (non-hydrogen) atoms. The monoisotopic (exact) mass is 255 g/mol. The van der Waals surface area contributed by atoms with E-state index in [4.69, 9.17) is 17.3 Å². The zero-order valence-corrected chi connectivity index (χ0v) is 8.95. The first-order valence-corrected chi connectivity index (χ1v) is 4.93. The molecular formula is C10H10ClF4N. The van der Waals surface area contributed by atoms with Gasteiger partial charge < -0.3 is 5.73 Å². The molecule has 0 bridgehead atoms. The van der Waals surface area contributed by atoms with E-state index in [-0.39, 0.29) is 10.6 Å². The molecule has 1 aromatic carbocycles. The maximum atomic E-state index is 13.2. The molecule has 0 amide bonds. The Labute approximate surface area is 95.2 Å². The maximum Gasteiger partial charge on any atom is 0.393 e. The van der Waals surface area contributed by atoms with Gasteiger partial charge in [0.05, 0.1) is 5.92 Å². The summed E-state index contributed by atoms with van der Waals surface area (Å²) >= 11 is 5.63. The lowest BCUT2D eigenvalue weighted by atomic mass is 9.98. The molecule has 0 radical (unpaired) electrons. The molecule has 0 heterocycles. The molecular weight excluding hydrogens is 246 g/mol. The van der Waals surface area contributed by atoms with Crippen LogP contribution in [0.4, 0.5) is 17.6 Å². The van der Waals surface area contributed by atoms with Gasteiger partial charge in [-0.15, -0.1) is 0 Å². The summed E-state index contributed by atoms with van der Waals surface area (Å²) in [6.45, 7) is -0.589. The second kappa shape index (κ2) is 5.01. The van der Waals surface area contributed by atoms with Crippen LogP contribution in [0, 0.1) is 11.7 Å². The van der Waals surface area contributed by atoms with Crippen LogP contribution in [-0.4, -0.2) is 12.7 Å². The van der Waals surface area contributed by atoms with Crippen LogP contribution in [0.3, 0.4) is 0 Å². The fourth-order valence-corrected chi connectivity index (χ4v) is 1.55. The number of hydrogen-bond donors (Lipinski definition) is 1. The van der Waals surface area contributed by atoms with Crippen molar-refractivity contribution in [1.29, 1.82) is 0 Å². The lowest BCUT2D eigenvalue weighted by Crippen LogP contribution is -2.32. The molecule has 6 heteroatoms. The third-order valence-electron chi connectivity index (χ3n) is 2.26. The van der Waals surface area contributed by atoms with Crippen LogP contribution in [0.5, 0.6) is 0 Å². The highest BCUT2D eigenvalue weighted by molar-refractivity contribution is 6.31. The Morgan fingerprint density at radius 1 is 1.31 bits per heavy atom. The zero-order chi connectivity index (χ0) is 12.3. The van der Waals surface area contributed by atoms with E-state index in [1.165, 1.54) is 12.1 Å². The Bertz CT molecular complexity index is 344. The molecule has 1 rings (SSSR count). The molecule has 0 aromatic heterocycles. The Hall–Kier alpha value is -0.810. The first-order valence-electron chi connectivity index (χ1n) is 4.56. The van der Waals surface area contributed by atoms with Crippen LogP contribution in [0.2, 0.25) is 5.02 Å². The number of rotatable bonds is 3. The van der Waals surface area contributed by atoms with Gasteiger partial charge in [0.1, 0.15) is 5.82 Å². The van der Waals surface area contributed by atoms with Gasteiger partial charge in [0.15, 0.2) is 0 Å². The molecule has 0 aliphatic heterocycles. The molecule has 0 saturated heterocycles. The van der Waals surface area contributed by atoms with Gasteiger partial charge >= 0.3 is 6.18 Å². The molecule has 1 aromatic rings. The highest BCUT2D eigenvalue weighted by Crippen LogP contribution is 2.31. The summed E-state index contributed by atoms with van der Waals surface area (Å²) in [4.78, 5) is 0. The predicted octanol–water partition coefficient (Wildman–Crippen LogP) is 3.16. The van der Waals surface area contributed by atoms with Crippen molar-refractivity contribution in [2.24, 2.45) is 11.7 Å². The van der Waals surface area contributed by atoms with Gasteiger partial charge in [-0.1, -0.05) is 17.7 Å². The van der Waals surface area contributed by atoms with Crippen LogP contribution in [0.1, 0.15) is 5.56 Å². The van der Waals surface area contributed by atoms with Crippen molar-refractivity contribution < 1.29 is 17.6 Å². The molecule has 0 saturated carbocycles. The first-order chi connectivity index (χ1) is 7.36. The first kappa shape index (κ1) is 13.3. The normalized spacial score (nSPS) is 13.9. The third-order valence-corrected chi connectivity index (χ3v) is 2.61. The van der Waals surface area contributed by atoms with E-state index in [1.807, 2.05) is 0 Å². The summed E-state index contributed by atoms with van der Waals surface area (Å²) in [5, 5.41) is -0.0114. The number of hydrogen-bond acceptors (Lipinski definition) is 1. The number of halogens is 5. The second-order valence-electron chi connectivity index (χ2n) is 3.38. The lowest BCUT2D eigenvalue weighted by molar-refractivity contribution is -0.171. The van der Waals surface area contributed by atoms with Crippen LogP contribution < -0.4 is 5.73 Å². The topological polar surface area (TPSA) is 26.0 Å². The molecule has 90 valence electrons. The minimum atomic E-state index is -4.44. The zero-order valence-electron chi connectivity index (χ0n) is 8.19. The Morgan fingerprint density at radius 3 is 2.38 bits per heavy atom. The smallest absolute Gasteiger partial charge is 0.330 e. The molecule has 1 atom stereocenters. The summed E-state index contributed by atoms with van der Waals surface area (Å²) in [6, 6.07) is 3.77. The van der Waals surface area contributed by atoms with Gasteiger partial charge in [0.2, 0.25) is 0 Å². The van der Waals surface area contributed by atoms with Crippen molar-refractivity contribution in [3.05, 3.63) is 34.6 Å². The minimum Gasteiger partial charge on any atom is -0.330 e. The Kier molecular flexibility index (Phi) is 4.15. The fourth-order valence-electron chi connectivity index (χ4n) is 1.31. The molecule has 1 nitrogen and oxygen atoms in total. The molecule has 0 aliphatic rings.